The van der Waals surface area contributed by atoms with E-state index in [0.717, 1.165) is 51.1 Å². The van der Waals surface area contributed by atoms with E-state index in [4.69, 9.17) is 9.84 Å². The highest BCUT2D eigenvalue weighted by atomic mass is 32.1. The van der Waals surface area contributed by atoms with Gasteiger partial charge in [-0.25, -0.2) is 4.98 Å². The van der Waals surface area contributed by atoms with E-state index < -0.39 is 0 Å². The first kappa shape index (κ1) is 16.0. The van der Waals surface area contributed by atoms with Crippen LogP contribution in [0.25, 0.3) is 0 Å². The first-order valence-electron chi connectivity index (χ1n) is 9.61. The topological polar surface area (TPSA) is 43.2 Å². The molecule has 2 aliphatic carbocycles. The Morgan fingerprint density at radius 2 is 2.04 bits per heavy atom. The third-order valence-corrected chi connectivity index (χ3v) is 6.43. The number of ether oxygens (including phenoxy) is 1. The van der Waals surface area contributed by atoms with E-state index in [-0.39, 0.29) is 0 Å². The van der Waals surface area contributed by atoms with Crippen molar-refractivity contribution in [2.45, 2.75) is 51.2 Å². The average molecular weight is 359 g/mol. The van der Waals surface area contributed by atoms with Crippen molar-refractivity contribution in [3.8, 4) is 0 Å². The van der Waals surface area contributed by atoms with Crippen LogP contribution in [0.5, 0.6) is 0 Å². The molecule has 0 N–H and O–H groups in total. The van der Waals surface area contributed by atoms with Crippen molar-refractivity contribution < 1.29 is 4.74 Å². The predicted molar refractivity (Wildman–Crippen MR) is 97.5 cm³/mol. The van der Waals surface area contributed by atoms with Crippen LogP contribution in [0.4, 0.5) is 0 Å². The Bertz CT molecular complexity index is 705. The highest BCUT2D eigenvalue weighted by Crippen LogP contribution is 2.36. The number of fused-ring (bicyclic) bond motifs is 1. The minimum absolute atomic E-state index is 0.313. The third kappa shape index (κ3) is 3.66. The molecule has 25 heavy (non-hydrogen) atoms. The summed E-state index contributed by atoms with van der Waals surface area (Å²) in [7, 11) is 0. The quantitative estimate of drug-likeness (QED) is 0.726. The second-order valence-corrected chi connectivity index (χ2v) is 8.80. The van der Waals surface area contributed by atoms with Crippen LogP contribution in [-0.4, -0.2) is 39.4 Å². The summed E-state index contributed by atoms with van der Waals surface area (Å²) in [6.07, 6.45) is 10.5. The van der Waals surface area contributed by atoms with E-state index >= 15 is 0 Å². The van der Waals surface area contributed by atoms with Crippen LogP contribution < -0.4 is 0 Å². The lowest BCUT2D eigenvalue weighted by Gasteiger charge is -2.35. The summed E-state index contributed by atoms with van der Waals surface area (Å²) in [4.78, 5) is 7.06. The number of nitrogens with zero attached hydrogens (tertiary/aromatic N) is 4. The Morgan fingerprint density at radius 3 is 2.80 bits per heavy atom. The van der Waals surface area contributed by atoms with Crippen molar-refractivity contribution in [1.82, 2.24) is 19.7 Å². The standard InChI is InChI=1S/C19H26N4OS/c1-2-14(1)10-23-19-16(9-21-23)5-7-22(11-18-20-6-8-25-18)17(19)13-24-12-15-3-4-15/h6,8-9,14-15,17H,1-5,7,10-13H2/t17-/m0/s1. The lowest BCUT2D eigenvalue weighted by molar-refractivity contribution is 0.0406. The van der Waals surface area contributed by atoms with Crippen LogP contribution in [0.15, 0.2) is 17.8 Å². The van der Waals surface area contributed by atoms with Crippen LogP contribution in [0, 0.1) is 11.8 Å². The smallest absolute Gasteiger partial charge is 0.107 e. The first-order valence-corrected chi connectivity index (χ1v) is 10.5. The third-order valence-electron chi connectivity index (χ3n) is 5.66. The lowest BCUT2D eigenvalue weighted by atomic mass is 10.00. The Morgan fingerprint density at radius 1 is 1.16 bits per heavy atom. The maximum Gasteiger partial charge on any atom is 0.107 e. The zero-order valence-electron chi connectivity index (χ0n) is 14.6. The van der Waals surface area contributed by atoms with Crippen molar-refractivity contribution in [2.24, 2.45) is 11.8 Å². The highest BCUT2D eigenvalue weighted by molar-refractivity contribution is 7.09. The van der Waals surface area contributed by atoms with Gasteiger partial charge in [0, 0.05) is 31.3 Å². The van der Waals surface area contributed by atoms with Crippen LogP contribution in [0.1, 0.15) is 48.0 Å². The van der Waals surface area contributed by atoms with Gasteiger partial charge >= 0.3 is 0 Å². The van der Waals surface area contributed by atoms with E-state index in [1.54, 1.807) is 11.3 Å². The molecule has 5 rings (SSSR count). The van der Waals surface area contributed by atoms with Gasteiger partial charge in [0.1, 0.15) is 5.01 Å². The molecule has 3 heterocycles. The van der Waals surface area contributed by atoms with Gasteiger partial charge < -0.3 is 4.74 Å². The Balaban J connectivity index is 1.37. The Labute approximate surface area is 153 Å². The van der Waals surface area contributed by atoms with E-state index in [1.807, 2.05) is 6.20 Å². The van der Waals surface area contributed by atoms with Gasteiger partial charge in [-0.05, 0) is 49.5 Å². The molecular weight excluding hydrogens is 332 g/mol. The monoisotopic (exact) mass is 358 g/mol. The number of rotatable bonds is 8. The second kappa shape index (κ2) is 6.82. The molecule has 0 unspecified atom stereocenters. The fourth-order valence-electron chi connectivity index (χ4n) is 3.80. The minimum Gasteiger partial charge on any atom is -0.379 e. The number of aromatic nitrogens is 3. The maximum absolute atomic E-state index is 6.15. The van der Waals surface area contributed by atoms with Gasteiger partial charge in [-0.3, -0.25) is 9.58 Å². The molecule has 0 radical (unpaired) electrons. The molecule has 2 fully saturated rings. The van der Waals surface area contributed by atoms with Gasteiger partial charge in [-0.2, -0.15) is 5.10 Å². The normalized spacial score (nSPS) is 23.8. The highest BCUT2D eigenvalue weighted by Gasteiger charge is 2.34. The molecule has 1 atom stereocenters. The molecule has 134 valence electrons. The summed E-state index contributed by atoms with van der Waals surface area (Å²) in [5, 5.41) is 8.00. The van der Waals surface area contributed by atoms with Crippen LogP contribution >= 0.6 is 11.3 Å². The van der Waals surface area contributed by atoms with Crippen molar-refractivity contribution in [2.75, 3.05) is 19.8 Å². The number of hydrogen-bond acceptors (Lipinski definition) is 5. The molecule has 0 bridgehead atoms. The molecular formula is C19H26N4OS. The van der Waals surface area contributed by atoms with Crippen molar-refractivity contribution >= 4 is 11.3 Å². The molecule has 5 nitrogen and oxygen atoms in total. The molecule has 2 aromatic heterocycles. The van der Waals surface area contributed by atoms with E-state index in [0.29, 0.717) is 6.04 Å². The van der Waals surface area contributed by atoms with E-state index in [2.05, 4.69) is 26.1 Å². The molecule has 1 aliphatic heterocycles. The van der Waals surface area contributed by atoms with Gasteiger partial charge in [0.05, 0.1) is 31.1 Å². The maximum atomic E-state index is 6.15. The Kier molecular flexibility index (Phi) is 4.36. The van der Waals surface area contributed by atoms with Crippen molar-refractivity contribution in [3.05, 3.63) is 34.0 Å². The van der Waals surface area contributed by atoms with Crippen molar-refractivity contribution in [3.63, 3.8) is 0 Å². The largest absolute Gasteiger partial charge is 0.379 e. The summed E-state index contributed by atoms with van der Waals surface area (Å²) in [5.74, 6) is 1.65. The molecule has 0 spiro atoms. The second-order valence-electron chi connectivity index (χ2n) is 7.82. The zero-order chi connectivity index (χ0) is 16.6. The zero-order valence-corrected chi connectivity index (χ0v) is 15.5. The van der Waals surface area contributed by atoms with E-state index in [9.17, 15) is 0 Å². The van der Waals surface area contributed by atoms with Crippen LogP contribution in [0.3, 0.4) is 0 Å². The summed E-state index contributed by atoms with van der Waals surface area (Å²) < 4.78 is 8.43. The fourth-order valence-corrected chi connectivity index (χ4v) is 4.45. The van der Waals surface area contributed by atoms with E-state index in [1.165, 1.54) is 41.9 Å². The summed E-state index contributed by atoms with van der Waals surface area (Å²) in [6.45, 7) is 4.78. The summed E-state index contributed by atoms with van der Waals surface area (Å²) >= 11 is 1.75. The van der Waals surface area contributed by atoms with Gasteiger partial charge in [-0.15, -0.1) is 11.3 Å². The van der Waals surface area contributed by atoms with Crippen LogP contribution in [0.2, 0.25) is 0 Å². The fraction of sp³-hybridized carbons (Fsp3) is 0.684. The molecule has 6 heteroatoms. The average Bonchev–Trinajstić information content (AvgIpc) is 3.52. The minimum atomic E-state index is 0.313. The van der Waals surface area contributed by atoms with Crippen LogP contribution in [-0.2, 0) is 24.2 Å². The number of hydrogen-bond donors (Lipinski definition) is 0. The summed E-state index contributed by atoms with van der Waals surface area (Å²) in [5.41, 5.74) is 2.83. The molecule has 0 amide bonds. The van der Waals surface area contributed by atoms with Gasteiger partial charge in [0.2, 0.25) is 0 Å². The Hall–Kier alpha value is -1.24. The van der Waals surface area contributed by atoms with Crippen molar-refractivity contribution in [1.29, 1.82) is 0 Å². The molecule has 2 aromatic rings. The molecule has 0 saturated heterocycles. The van der Waals surface area contributed by atoms with Gasteiger partial charge in [0.15, 0.2) is 0 Å². The summed E-state index contributed by atoms with van der Waals surface area (Å²) in [6, 6.07) is 0.313. The first-order chi connectivity index (χ1) is 12.4. The predicted octanol–water partition coefficient (Wildman–Crippen LogP) is 3.28. The number of thiazole rings is 1. The molecule has 0 aromatic carbocycles. The molecule has 2 saturated carbocycles. The lowest BCUT2D eigenvalue weighted by Crippen LogP contribution is -2.38. The SMILES string of the molecule is c1csc(CN2CCc3cnn(CC4CC4)c3[C@@H]2COCC2CC2)n1. The molecule has 3 aliphatic rings. The van der Waals surface area contributed by atoms with Gasteiger partial charge in [-0.1, -0.05) is 0 Å². The van der Waals surface area contributed by atoms with Gasteiger partial charge in [0.25, 0.3) is 0 Å².